The zero-order chi connectivity index (χ0) is 18.5. The number of imidazole rings is 1. The van der Waals surface area contributed by atoms with Crippen LogP contribution in [0.1, 0.15) is 46.1 Å². The van der Waals surface area contributed by atoms with Gasteiger partial charge in [-0.05, 0) is 52.2 Å². The number of fused-ring (bicyclic) bond motifs is 1. The molecule has 1 N–H and O–H groups in total. The van der Waals surface area contributed by atoms with Gasteiger partial charge in [-0.25, -0.2) is 4.79 Å². The van der Waals surface area contributed by atoms with Crippen LogP contribution in [0.2, 0.25) is 0 Å². The molecular weight excluding hydrogens is 328 g/mol. The monoisotopic (exact) mass is 356 g/mol. The molecule has 2 aliphatic rings. The Morgan fingerprint density at radius 1 is 1.08 bits per heavy atom. The highest BCUT2D eigenvalue weighted by Gasteiger charge is 2.42. The summed E-state index contributed by atoms with van der Waals surface area (Å²) in [5.41, 5.74) is 1.83. The van der Waals surface area contributed by atoms with Gasteiger partial charge >= 0.3 is 5.69 Å². The second-order valence-electron chi connectivity index (χ2n) is 8.54. The summed E-state index contributed by atoms with van der Waals surface area (Å²) in [6, 6.07) is 8.00. The van der Waals surface area contributed by atoms with Gasteiger partial charge in [-0.1, -0.05) is 12.1 Å². The molecule has 4 rings (SSSR count). The van der Waals surface area contributed by atoms with Crippen LogP contribution in [0.5, 0.6) is 0 Å². The fourth-order valence-electron chi connectivity index (χ4n) is 4.44. The van der Waals surface area contributed by atoms with Gasteiger partial charge in [0.15, 0.2) is 0 Å². The van der Waals surface area contributed by atoms with E-state index in [-0.39, 0.29) is 29.2 Å². The molecule has 0 radical (unpaired) electrons. The van der Waals surface area contributed by atoms with E-state index in [4.69, 9.17) is 0 Å². The van der Waals surface area contributed by atoms with Crippen molar-refractivity contribution in [1.29, 1.82) is 0 Å². The number of para-hydroxylation sites is 2. The Labute approximate surface area is 153 Å². The normalized spacial score (nSPS) is 22.6. The van der Waals surface area contributed by atoms with E-state index in [9.17, 15) is 9.59 Å². The van der Waals surface area contributed by atoms with E-state index in [1.54, 1.807) is 0 Å². The third kappa shape index (κ3) is 2.86. The summed E-state index contributed by atoms with van der Waals surface area (Å²) in [7, 11) is 0. The molecule has 3 heterocycles. The first-order chi connectivity index (χ1) is 12.4. The van der Waals surface area contributed by atoms with Crippen LogP contribution in [0.4, 0.5) is 0 Å². The maximum atomic E-state index is 12.9. The second-order valence-corrected chi connectivity index (χ2v) is 8.54. The van der Waals surface area contributed by atoms with Crippen molar-refractivity contribution in [2.75, 3.05) is 19.6 Å². The molecular formula is C20H28N4O2. The number of aromatic nitrogens is 2. The molecule has 1 aromatic heterocycles. The van der Waals surface area contributed by atoms with E-state index in [2.05, 4.69) is 30.7 Å². The van der Waals surface area contributed by atoms with Crippen molar-refractivity contribution >= 4 is 16.9 Å². The molecule has 6 nitrogen and oxygen atoms in total. The van der Waals surface area contributed by atoms with Crippen LogP contribution in [0.3, 0.4) is 0 Å². The zero-order valence-electron chi connectivity index (χ0n) is 15.9. The van der Waals surface area contributed by atoms with Gasteiger partial charge in [0.1, 0.15) is 0 Å². The SMILES string of the molecule is CC(C)(C)N1CCC1C(=O)N1CCC(n2c(=O)[nH]c3ccccc32)CC1. The molecule has 0 saturated carbocycles. The minimum absolute atomic E-state index is 0.0300. The summed E-state index contributed by atoms with van der Waals surface area (Å²) < 4.78 is 1.88. The number of carbonyl (C=O) groups excluding carboxylic acids is 1. The van der Waals surface area contributed by atoms with Gasteiger partial charge in [0.2, 0.25) is 5.91 Å². The lowest BCUT2D eigenvalue weighted by atomic mass is 9.91. The number of hydrogen-bond donors (Lipinski definition) is 1. The van der Waals surface area contributed by atoms with Crippen LogP contribution in [-0.2, 0) is 4.79 Å². The average molecular weight is 356 g/mol. The minimum Gasteiger partial charge on any atom is -0.341 e. The molecule has 0 spiro atoms. The van der Waals surface area contributed by atoms with E-state index < -0.39 is 0 Å². The molecule has 26 heavy (non-hydrogen) atoms. The van der Waals surface area contributed by atoms with E-state index >= 15 is 0 Å². The first kappa shape index (κ1) is 17.3. The highest BCUT2D eigenvalue weighted by atomic mass is 16.2. The van der Waals surface area contributed by atoms with Gasteiger partial charge in [0.05, 0.1) is 17.1 Å². The molecule has 140 valence electrons. The quantitative estimate of drug-likeness (QED) is 0.899. The van der Waals surface area contributed by atoms with Crippen molar-refractivity contribution < 1.29 is 4.79 Å². The topological polar surface area (TPSA) is 61.3 Å². The van der Waals surface area contributed by atoms with Gasteiger partial charge in [-0.2, -0.15) is 0 Å². The summed E-state index contributed by atoms with van der Waals surface area (Å²) >= 11 is 0. The molecule has 1 atom stereocenters. The van der Waals surface area contributed by atoms with Crippen molar-refractivity contribution in [3.63, 3.8) is 0 Å². The lowest BCUT2D eigenvalue weighted by molar-refractivity contribution is -0.147. The molecule has 1 aromatic carbocycles. The third-order valence-electron chi connectivity index (χ3n) is 5.93. The Morgan fingerprint density at radius 3 is 2.38 bits per heavy atom. The van der Waals surface area contributed by atoms with Crippen LogP contribution >= 0.6 is 0 Å². The van der Waals surface area contributed by atoms with Crippen LogP contribution in [0.25, 0.3) is 11.0 Å². The van der Waals surface area contributed by atoms with E-state index in [0.29, 0.717) is 0 Å². The molecule has 2 aromatic rings. The first-order valence-corrected chi connectivity index (χ1v) is 9.61. The Morgan fingerprint density at radius 2 is 1.77 bits per heavy atom. The third-order valence-corrected chi connectivity index (χ3v) is 5.93. The summed E-state index contributed by atoms with van der Waals surface area (Å²) in [6.07, 6.45) is 2.61. The Kier molecular flexibility index (Phi) is 4.18. The van der Waals surface area contributed by atoms with E-state index in [0.717, 1.165) is 49.9 Å². The number of aromatic amines is 1. The second kappa shape index (κ2) is 6.27. The molecule has 2 aliphatic heterocycles. The molecule has 1 amide bonds. The number of rotatable bonds is 2. The fourth-order valence-corrected chi connectivity index (χ4v) is 4.44. The lowest BCUT2D eigenvalue weighted by Gasteiger charge is -2.50. The molecule has 0 aliphatic carbocycles. The predicted octanol–water partition coefficient (Wildman–Crippen LogP) is 2.37. The number of carbonyl (C=O) groups is 1. The summed E-state index contributed by atoms with van der Waals surface area (Å²) in [5, 5.41) is 0. The number of nitrogens with zero attached hydrogens (tertiary/aromatic N) is 3. The Hall–Kier alpha value is -2.08. The Bertz CT molecular complexity index is 868. The van der Waals surface area contributed by atoms with Crippen molar-refractivity contribution in [3.8, 4) is 0 Å². The lowest BCUT2D eigenvalue weighted by Crippen LogP contribution is -2.63. The number of benzene rings is 1. The highest BCUT2D eigenvalue weighted by Crippen LogP contribution is 2.31. The van der Waals surface area contributed by atoms with Crippen LogP contribution < -0.4 is 5.69 Å². The van der Waals surface area contributed by atoms with Gasteiger partial charge in [-0.15, -0.1) is 0 Å². The zero-order valence-corrected chi connectivity index (χ0v) is 15.9. The van der Waals surface area contributed by atoms with Crippen molar-refractivity contribution in [3.05, 3.63) is 34.7 Å². The smallest absolute Gasteiger partial charge is 0.326 e. The van der Waals surface area contributed by atoms with Gasteiger partial charge in [-0.3, -0.25) is 14.3 Å². The van der Waals surface area contributed by atoms with Gasteiger partial charge in [0, 0.05) is 31.2 Å². The molecule has 2 fully saturated rings. The largest absolute Gasteiger partial charge is 0.341 e. The van der Waals surface area contributed by atoms with Crippen LogP contribution in [0, 0.1) is 0 Å². The number of nitrogens with one attached hydrogen (secondary N) is 1. The molecule has 2 saturated heterocycles. The fraction of sp³-hybridized carbons (Fsp3) is 0.600. The average Bonchev–Trinajstić information content (AvgIpc) is 2.88. The number of amides is 1. The molecule has 6 heteroatoms. The summed E-state index contributed by atoms with van der Waals surface area (Å²) in [5.74, 6) is 0.260. The molecule has 1 unspecified atom stereocenters. The predicted molar refractivity (Wildman–Crippen MR) is 102 cm³/mol. The molecule has 0 bridgehead atoms. The number of hydrogen-bond acceptors (Lipinski definition) is 3. The van der Waals surface area contributed by atoms with E-state index in [1.807, 2.05) is 33.7 Å². The van der Waals surface area contributed by atoms with Crippen molar-refractivity contribution in [2.45, 2.75) is 57.7 Å². The minimum atomic E-state index is -0.0473. The van der Waals surface area contributed by atoms with Crippen LogP contribution in [0.15, 0.2) is 29.1 Å². The highest BCUT2D eigenvalue weighted by molar-refractivity contribution is 5.83. The Balaban J connectivity index is 1.45. The van der Waals surface area contributed by atoms with Gasteiger partial charge < -0.3 is 9.88 Å². The number of likely N-dealkylation sites (tertiary alicyclic amines) is 2. The number of piperidine rings is 1. The summed E-state index contributed by atoms with van der Waals surface area (Å²) in [6.45, 7) is 8.96. The maximum Gasteiger partial charge on any atom is 0.326 e. The van der Waals surface area contributed by atoms with E-state index in [1.165, 1.54) is 0 Å². The summed E-state index contributed by atoms with van der Waals surface area (Å²) in [4.78, 5) is 32.5. The van der Waals surface area contributed by atoms with Crippen molar-refractivity contribution in [2.24, 2.45) is 0 Å². The number of H-pyrrole nitrogens is 1. The first-order valence-electron chi connectivity index (χ1n) is 9.61. The maximum absolute atomic E-state index is 12.9. The van der Waals surface area contributed by atoms with Crippen molar-refractivity contribution in [1.82, 2.24) is 19.4 Å². The standard InChI is InChI=1S/C20H28N4O2/c1-20(2,3)23-13-10-17(23)18(25)22-11-8-14(9-12-22)24-16-7-5-4-6-15(16)21-19(24)26/h4-7,14,17H,8-13H2,1-3H3,(H,21,26). The van der Waals surface area contributed by atoms with Gasteiger partial charge in [0.25, 0.3) is 0 Å². The van der Waals surface area contributed by atoms with Crippen LogP contribution in [-0.4, -0.2) is 56.5 Å².